The van der Waals surface area contributed by atoms with Crippen LogP contribution in [-0.2, 0) is 6.42 Å². The normalized spacial score (nSPS) is 12.1. The number of aromatic amines is 1. The molecule has 4 aromatic rings. The molecule has 0 bridgehead atoms. The summed E-state index contributed by atoms with van der Waals surface area (Å²) in [5, 5.41) is 4.92. The number of carbonyl (C=O) groups excluding carboxylic acids is 1. The van der Waals surface area contributed by atoms with Gasteiger partial charge in [0.05, 0.1) is 4.90 Å². The molecule has 0 saturated heterocycles. The molecule has 1 atom stereocenters. The summed E-state index contributed by atoms with van der Waals surface area (Å²) in [4.78, 5) is 18.5. The number of benzene rings is 3. The van der Waals surface area contributed by atoms with Crippen LogP contribution in [0.5, 0.6) is 0 Å². The van der Waals surface area contributed by atoms with Crippen molar-refractivity contribution in [3.05, 3.63) is 94.6 Å². The molecule has 1 heterocycles. The molecule has 2 N–H and O–H groups in total. The quantitative estimate of drug-likeness (QED) is 0.318. The molecule has 3 aromatic carbocycles. The first-order valence-corrected chi connectivity index (χ1v) is 11.6. The molecule has 0 spiro atoms. The Kier molecular flexibility index (Phi) is 6.69. The summed E-state index contributed by atoms with van der Waals surface area (Å²) in [7, 11) is 0. The Morgan fingerprint density at radius 3 is 2.55 bits per heavy atom. The number of aryl methyl sites for hydroxylation is 2. The van der Waals surface area contributed by atoms with E-state index in [9.17, 15) is 4.79 Å². The fourth-order valence-electron chi connectivity index (χ4n) is 3.57. The average Bonchev–Trinajstić information content (AvgIpc) is 3.12. The third kappa shape index (κ3) is 5.33. The van der Waals surface area contributed by atoms with E-state index in [0.29, 0.717) is 10.7 Å². The number of aromatic nitrogens is 1. The van der Waals surface area contributed by atoms with Gasteiger partial charge in [0.25, 0.3) is 5.91 Å². The lowest BCUT2D eigenvalue weighted by atomic mass is 10.1. The molecule has 0 aliphatic carbocycles. The molecule has 158 valence electrons. The monoisotopic (exact) mass is 448 g/mol. The van der Waals surface area contributed by atoms with Crippen molar-refractivity contribution in [1.82, 2.24) is 10.3 Å². The first kappa shape index (κ1) is 21.5. The molecule has 1 unspecified atom stereocenters. The standard InChI is InChI=1S/C26H25ClN2OS/c1-17-8-15-22-23(16-17)29-24(25(22)31-21-13-11-20(27)12-14-21)26(30)28-18(2)9-10-19-6-4-3-5-7-19/h3-8,11-16,18,29H,9-10H2,1-2H3,(H,28,30). The summed E-state index contributed by atoms with van der Waals surface area (Å²) < 4.78 is 0. The second-order valence-electron chi connectivity index (χ2n) is 7.83. The van der Waals surface area contributed by atoms with Crippen LogP contribution in [0.2, 0.25) is 5.02 Å². The molecule has 1 amide bonds. The van der Waals surface area contributed by atoms with Gasteiger partial charge in [-0.3, -0.25) is 4.79 Å². The van der Waals surface area contributed by atoms with E-state index < -0.39 is 0 Å². The van der Waals surface area contributed by atoms with Gasteiger partial charge in [0, 0.05) is 26.9 Å². The van der Waals surface area contributed by atoms with Crippen LogP contribution in [0.3, 0.4) is 0 Å². The summed E-state index contributed by atoms with van der Waals surface area (Å²) in [5.74, 6) is -0.0779. The molecular formula is C26H25ClN2OS. The van der Waals surface area contributed by atoms with E-state index in [1.165, 1.54) is 5.56 Å². The maximum Gasteiger partial charge on any atom is 0.269 e. The maximum absolute atomic E-state index is 13.2. The van der Waals surface area contributed by atoms with E-state index in [4.69, 9.17) is 11.6 Å². The van der Waals surface area contributed by atoms with Crippen molar-refractivity contribution in [3.8, 4) is 0 Å². The van der Waals surface area contributed by atoms with Crippen molar-refractivity contribution in [3.63, 3.8) is 0 Å². The van der Waals surface area contributed by atoms with Crippen LogP contribution in [0.1, 0.15) is 35.0 Å². The molecule has 0 radical (unpaired) electrons. The highest BCUT2D eigenvalue weighted by atomic mass is 35.5. The number of nitrogens with one attached hydrogen (secondary N) is 2. The highest BCUT2D eigenvalue weighted by Crippen LogP contribution is 2.37. The molecule has 4 rings (SSSR count). The van der Waals surface area contributed by atoms with Gasteiger partial charge in [-0.05, 0) is 68.1 Å². The molecule has 0 aliphatic rings. The molecule has 0 aliphatic heterocycles. The van der Waals surface area contributed by atoms with E-state index in [1.54, 1.807) is 11.8 Å². The van der Waals surface area contributed by atoms with Crippen molar-refractivity contribution >= 4 is 40.2 Å². The van der Waals surface area contributed by atoms with Crippen LogP contribution in [0.4, 0.5) is 0 Å². The van der Waals surface area contributed by atoms with Crippen molar-refractivity contribution in [2.75, 3.05) is 0 Å². The Labute approximate surface area is 192 Å². The third-order valence-corrected chi connectivity index (χ3v) is 6.64. The van der Waals surface area contributed by atoms with Crippen LogP contribution in [0, 0.1) is 6.92 Å². The van der Waals surface area contributed by atoms with E-state index in [-0.39, 0.29) is 11.9 Å². The Balaban J connectivity index is 1.56. The number of H-pyrrole nitrogens is 1. The topological polar surface area (TPSA) is 44.9 Å². The highest BCUT2D eigenvalue weighted by Gasteiger charge is 2.20. The first-order chi connectivity index (χ1) is 15.0. The lowest BCUT2D eigenvalue weighted by Gasteiger charge is -2.14. The van der Waals surface area contributed by atoms with Gasteiger partial charge in [-0.2, -0.15) is 0 Å². The first-order valence-electron chi connectivity index (χ1n) is 10.4. The Hall–Kier alpha value is -2.69. The smallest absolute Gasteiger partial charge is 0.269 e. The Morgan fingerprint density at radius 1 is 1.06 bits per heavy atom. The second kappa shape index (κ2) is 9.63. The van der Waals surface area contributed by atoms with Crippen LogP contribution < -0.4 is 5.32 Å². The largest absolute Gasteiger partial charge is 0.350 e. The molecule has 0 fully saturated rings. The van der Waals surface area contributed by atoms with Crippen LogP contribution >= 0.6 is 23.4 Å². The van der Waals surface area contributed by atoms with Gasteiger partial charge in [-0.15, -0.1) is 0 Å². The number of fused-ring (bicyclic) bond motifs is 1. The van der Waals surface area contributed by atoms with Gasteiger partial charge in [-0.25, -0.2) is 0 Å². The molecule has 5 heteroatoms. The lowest BCUT2D eigenvalue weighted by molar-refractivity contribution is 0.0931. The molecular weight excluding hydrogens is 424 g/mol. The van der Waals surface area contributed by atoms with E-state index in [1.807, 2.05) is 42.5 Å². The van der Waals surface area contributed by atoms with Crippen molar-refractivity contribution in [1.29, 1.82) is 0 Å². The van der Waals surface area contributed by atoms with E-state index in [2.05, 4.69) is 54.5 Å². The fourth-order valence-corrected chi connectivity index (χ4v) is 4.74. The third-order valence-electron chi connectivity index (χ3n) is 5.25. The van der Waals surface area contributed by atoms with Crippen LogP contribution in [-0.4, -0.2) is 16.9 Å². The predicted octanol–water partition coefficient (Wildman–Crippen LogP) is 7.03. The molecule has 3 nitrogen and oxygen atoms in total. The number of halogens is 1. The lowest BCUT2D eigenvalue weighted by Crippen LogP contribution is -2.33. The highest BCUT2D eigenvalue weighted by molar-refractivity contribution is 7.99. The Morgan fingerprint density at radius 2 is 1.81 bits per heavy atom. The summed E-state index contributed by atoms with van der Waals surface area (Å²) in [5.41, 5.74) is 4.01. The van der Waals surface area contributed by atoms with Gasteiger partial charge in [0.1, 0.15) is 5.69 Å². The average molecular weight is 449 g/mol. The van der Waals surface area contributed by atoms with Crippen molar-refractivity contribution in [2.45, 2.75) is 42.5 Å². The summed E-state index contributed by atoms with van der Waals surface area (Å²) in [6.07, 6.45) is 1.81. The van der Waals surface area contributed by atoms with Gasteiger partial charge >= 0.3 is 0 Å². The van der Waals surface area contributed by atoms with E-state index >= 15 is 0 Å². The summed E-state index contributed by atoms with van der Waals surface area (Å²) in [6.45, 7) is 4.11. The van der Waals surface area contributed by atoms with Crippen molar-refractivity contribution in [2.24, 2.45) is 0 Å². The van der Waals surface area contributed by atoms with Crippen molar-refractivity contribution < 1.29 is 4.79 Å². The molecule has 31 heavy (non-hydrogen) atoms. The number of hydrogen-bond donors (Lipinski definition) is 2. The zero-order chi connectivity index (χ0) is 21.8. The number of carbonyl (C=O) groups is 1. The summed E-state index contributed by atoms with van der Waals surface area (Å²) >= 11 is 7.62. The minimum absolute atomic E-state index is 0.0641. The van der Waals surface area contributed by atoms with Gasteiger partial charge in [0.15, 0.2) is 0 Å². The predicted molar refractivity (Wildman–Crippen MR) is 130 cm³/mol. The van der Waals surface area contributed by atoms with Gasteiger partial charge in [0.2, 0.25) is 0 Å². The molecule has 0 saturated carbocycles. The minimum Gasteiger partial charge on any atom is -0.350 e. The zero-order valence-corrected chi connectivity index (χ0v) is 19.2. The minimum atomic E-state index is -0.0779. The van der Waals surface area contributed by atoms with E-state index in [0.717, 1.165) is 39.1 Å². The van der Waals surface area contributed by atoms with Gasteiger partial charge in [-0.1, -0.05) is 65.8 Å². The number of hydrogen-bond acceptors (Lipinski definition) is 2. The van der Waals surface area contributed by atoms with Crippen LogP contribution in [0.25, 0.3) is 10.9 Å². The Bertz CT molecular complexity index is 1190. The van der Waals surface area contributed by atoms with Crippen LogP contribution in [0.15, 0.2) is 82.6 Å². The summed E-state index contributed by atoms with van der Waals surface area (Å²) in [6, 6.07) is 24.3. The fraction of sp³-hybridized carbons (Fsp3) is 0.192. The molecule has 1 aromatic heterocycles. The SMILES string of the molecule is Cc1ccc2c(Sc3ccc(Cl)cc3)c(C(=O)NC(C)CCc3ccccc3)[nH]c2c1. The number of amides is 1. The van der Waals surface area contributed by atoms with Gasteiger partial charge < -0.3 is 10.3 Å². The maximum atomic E-state index is 13.2. The second-order valence-corrected chi connectivity index (χ2v) is 9.35. The number of rotatable bonds is 7. The zero-order valence-electron chi connectivity index (χ0n) is 17.6.